The maximum Gasteiger partial charge on any atom is 0.399 e. The van der Waals surface area contributed by atoms with Gasteiger partial charge in [-0.05, 0) is 24.3 Å². The van der Waals surface area contributed by atoms with Gasteiger partial charge in [0.05, 0.1) is 0 Å². The Morgan fingerprint density at radius 2 is 1.64 bits per heavy atom. The first-order valence-electron chi connectivity index (χ1n) is 3.78. The van der Waals surface area contributed by atoms with E-state index in [0.29, 0.717) is 5.56 Å². The topological polar surface area (TPSA) is 0 Å². The van der Waals surface area contributed by atoms with Crippen molar-refractivity contribution < 1.29 is 17.6 Å². The molecular weight excluding hydrogens is 196 g/mol. The van der Waals surface area contributed by atoms with E-state index in [1.165, 1.54) is 12.1 Å². The molecule has 0 N–H and O–H groups in total. The van der Waals surface area contributed by atoms with Gasteiger partial charge in [0.2, 0.25) is 0 Å². The van der Waals surface area contributed by atoms with E-state index < -0.39 is 18.4 Å². The molecule has 0 saturated carbocycles. The van der Waals surface area contributed by atoms with Gasteiger partial charge in [0.1, 0.15) is 12.2 Å². The minimum Gasteiger partial charge on any atom is -0.207 e. The second kappa shape index (κ2) is 4.14. The molecule has 4 heteroatoms. The van der Waals surface area contributed by atoms with Gasteiger partial charge >= 0.3 is 6.18 Å². The van der Waals surface area contributed by atoms with Crippen molar-refractivity contribution in [1.29, 1.82) is 0 Å². The van der Waals surface area contributed by atoms with Crippen LogP contribution in [0.4, 0.5) is 17.6 Å². The fourth-order valence-corrected chi connectivity index (χ4v) is 0.780. The van der Waals surface area contributed by atoms with Gasteiger partial charge in [-0.2, -0.15) is 13.2 Å². The first-order valence-corrected chi connectivity index (χ1v) is 3.78. The summed E-state index contributed by atoms with van der Waals surface area (Å²) >= 11 is 0. The Labute approximate surface area is 78.6 Å². The van der Waals surface area contributed by atoms with Crippen molar-refractivity contribution >= 4 is 0 Å². The fraction of sp³-hybridized carbons (Fsp3) is 0.200. The Morgan fingerprint density at radius 3 is 2.14 bits per heavy atom. The molecule has 0 radical (unpaired) electrons. The number of hydrogen-bond acceptors (Lipinski definition) is 0. The van der Waals surface area contributed by atoms with Crippen LogP contribution in [-0.4, -0.2) is 6.18 Å². The zero-order valence-electron chi connectivity index (χ0n) is 7.03. The van der Waals surface area contributed by atoms with Crippen molar-refractivity contribution in [2.24, 2.45) is 0 Å². The van der Waals surface area contributed by atoms with Crippen LogP contribution in [0.5, 0.6) is 0 Å². The highest BCUT2D eigenvalue weighted by Gasteiger charge is 2.25. The van der Waals surface area contributed by atoms with E-state index >= 15 is 0 Å². The minimum absolute atomic E-state index is 0.371. The molecule has 0 bridgehead atoms. The van der Waals surface area contributed by atoms with E-state index in [1.54, 1.807) is 0 Å². The monoisotopic (exact) mass is 202 g/mol. The second-order valence-electron chi connectivity index (χ2n) is 2.60. The lowest BCUT2D eigenvalue weighted by molar-refractivity contribution is -0.123. The van der Waals surface area contributed by atoms with Gasteiger partial charge in [-0.25, -0.2) is 4.39 Å². The number of alkyl halides is 3. The average Bonchev–Trinajstić information content (AvgIpc) is 2.06. The summed E-state index contributed by atoms with van der Waals surface area (Å²) in [6.45, 7) is 0. The summed E-state index contributed by atoms with van der Waals surface area (Å²) in [7, 11) is 0. The second-order valence-corrected chi connectivity index (χ2v) is 2.60. The Bertz CT molecular complexity index is 350. The highest BCUT2D eigenvalue weighted by Crippen LogP contribution is 2.18. The first-order chi connectivity index (χ1) is 6.47. The van der Waals surface area contributed by atoms with Crippen LogP contribution in [0.25, 0.3) is 0 Å². The van der Waals surface area contributed by atoms with Crippen LogP contribution in [0.1, 0.15) is 12.0 Å². The third-order valence-electron chi connectivity index (χ3n) is 1.37. The molecule has 1 aromatic rings. The summed E-state index contributed by atoms with van der Waals surface area (Å²) in [6, 6.07) is 4.96. The molecule has 0 spiro atoms. The summed E-state index contributed by atoms with van der Waals surface area (Å²) in [5.74, 6) is 3.82. The number of halogens is 4. The minimum atomic E-state index is -4.27. The van der Waals surface area contributed by atoms with E-state index in [1.807, 2.05) is 5.92 Å². The molecule has 0 unspecified atom stereocenters. The molecular formula is C10H6F4. The molecule has 1 aromatic carbocycles. The molecule has 0 aromatic heterocycles. The Balaban J connectivity index is 2.64. The third kappa shape index (κ3) is 3.94. The molecule has 0 heterocycles. The molecule has 1 rings (SSSR count). The Kier molecular flexibility index (Phi) is 3.13. The van der Waals surface area contributed by atoms with Gasteiger partial charge in [0.25, 0.3) is 0 Å². The van der Waals surface area contributed by atoms with Crippen molar-refractivity contribution in [3.63, 3.8) is 0 Å². The quantitative estimate of drug-likeness (QED) is 0.448. The maximum atomic E-state index is 12.4. The van der Waals surface area contributed by atoms with E-state index in [-0.39, 0.29) is 0 Å². The lowest BCUT2D eigenvalue weighted by atomic mass is 10.2. The largest absolute Gasteiger partial charge is 0.399 e. The molecule has 0 saturated heterocycles. The molecule has 0 amide bonds. The standard InChI is InChI=1S/C10H6F4/c11-9-5-3-8(4-6-9)2-1-7-10(12,13)14/h3-6H,7H2. The van der Waals surface area contributed by atoms with Gasteiger partial charge in [0, 0.05) is 5.56 Å². The van der Waals surface area contributed by atoms with Gasteiger partial charge in [-0.3, -0.25) is 0 Å². The fourth-order valence-electron chi connectivity index (χ4n) is 0.780. The van der Waals surface area contributed by atoms with E-state index in [0.717, 1.165) is 12.1 Å². The van der Waals surface area contributed by atoms with Gasteiger partial charge < -0.3 is 0 Å². The van der Waals surface area contributed by atoms with Crippen molar-refractivity contribution in [3.8, 4) is 11.8 Å². The van der Waals surface area contributed by atoms with Crippen LogP contribution in [0, 0.1) is 17.7 Å². The summed E-state index contributed by atoms with van der Waals surface area (Å²) in [5.41, 5.74) is 0.371. The van der Waals surface area contributed by atoms with Crippen LogP contribution in [-0.2, 0) is 0 Å². The summed E-state index contributed by atoms with van der Waals surface area (Å²) < 4.78 is 47.3. The predicted octanol–water partition coefficient (Wildman–Crippen LogP) is 3.13. The van der Waals surface area contributed by atoms with Crippen molar-refractivity contribution in [1.82, 2.24) is 0 Å². The van der Waals surface area contributed by atoms with Crippen LogP contribution < -0.4 is 0 Å². The van der Waals surface area contributed by atoms with Crippen LogP contribution >= 0.6 is 0 Å². The van der Waals surface area contributed by atoms with Crippen molar-refractivity contribution in [3.05, 3.63) is 35.6 Å². The molecule has 74 valence electrons. The Morgan fingerprint density at radius 1 is 1.07 bits per heavy atom. The van der Waals surface area contributed by atoms with Gasteiger partial charge in [0.15, 0.2) is 0 Å². The van der Waals surface area contributed by atoms with Crippen LogP contribution in [0.15, 0.2) is 24.3 Å². The smallest absolute Gasteiger partial charge is 0.207 e. The van der Waals surface area contributed by atoms with Gasteiger partial charge in [-0.1, -0.05) is 11.8 Å². The summed E-state index contributed by atoms with van der Waals surface area (Å²) in [5, 5.41) is 0. The highest BCUT2D eigenvalue weighted by molar-refractivity contribution is 5.34. The highest BCUT2D eigenvalue weighted by atomic mass is 19.4. The first kappa shape index (κ1) is 10.6. The molecule has 0 nitrogen and oxygen atoms in total. The molecule has 0 aliphatic heterocycles. The molecule has 0 atom stereocenters. The van der Waals surface area contributed by atoms with Gasteiger partial charge in [-0.15, -0.1) is 0 Å². The van der Waals surface area contributed by atoms with E-state index in [4.69, 9.17) is 0 Å². The van der Waals surface area contributed by atoms with Crippen molar-refractivity contribution in [2.45, 2.75) is 12.6 Å². The number of benzene rings is 1. The lowest BCUT2D eigenvalue weighted by Crippen LogP contribution is -2.04. The predicted molar refractivity (Wildman–Crippen MR) is 44.0 cm³/mol. The van der Waals surface area contributed by atoms with Crippen LogP contribution in [0.3, 0.4) is 0 Å². The van der Waals surface area contributed by atoms with Crippen LogP contribution in [0.2, 0.25) is 0 Å². The van der Waals surface area contributed by atoms with Crippen molar-refractivity contribution in [2.75, 3.05) is 0 Å². The van der Waals surface area contributed by atoms with E-state index in [2.05, 4.69) is 5.92 Å². The summed E-state index contributed by atoms with van der Waals surface area (Å²) in [6.07, 6.45) is -5.42. The molecule has 0 aliphatic rings. The number of hydrogen-bond donors (Lipinski definition) is 0. The summed E-state index contributed by atoms with van der Waals surface area (Å²) in [4.78, 5) is 0. The Hall–Kier alpha value is -1.50. The zero-order chi connectivity index (χ0) is 10.6. The maximum absolute atomic E-state index is 12.4. The lowest BCUT2D eigenvalue weighted by Gasteiger charge is -1.97. The molecule has 14 heavy (non-hydrogen) atoms. The molecule has 0 aliphatic carbocycles. The third-order valence-corrected chi connectivity index (χ3v) is 1.37. The normalized spacial score (nSPS) is 10.6. The van der Waals surface area contributed by atoms with E-state index in [9.17, 15) is 17.6 Å². The SMILES string of the molecule is Fc1ccc(C#CCC(F)(F)F)cc1. The molecule has 0 fully saturated rings. The number of rotatable bonds is 0. The average molecular weight is 202 g/mol. The zero-order valence-corrected chi connectivity index (χ0v) is 7.03.